The van der Waals surface area contributed by atoms with Crippen molar-refractivity contribution in [2.75, 3.05) is 52.2 Å². The van der Waals surface area contributed by atoms with Gasteiger partial charge in [0, 0.05) is 48.9 Å². The summed E-state index contributed by atoms with van der Waals surface area (Å²) in [6.07, 6.45) is 3.52. The summed E-state index contributed by atoms with van der Waals surface area (Å²) in [7, 11) is 2.91. The number of rotatable bonds is 15. The summed E-state index contributed by atoms with van der Waals surface area (Å²) in [5, 5.41) is 10.1. The van der Waals surface area contributed by atoms with E-state index in [9.17, 15) is 33.9 Å². The first kappa shape index (κ1) is 44.2. The summed E-state index contributed by atoms with van der Waals surface area (Å²) in [6.45, 7) is 2.11. The van der Waals surface area contributed by atoms with E-state index in [1.807, 2.05) is 13.0 Å². The third kappa shape index (κ3) is 8.62. The third-order valence-corrected chi connectivity index (χ3v) is 12.9. The van der Waals surface area contributed by atoms with Gasteiger partial charge < -0.3 is 43.2 Å². The number of likely N-dealkylation sites (tertiary alicyclic amines) is 1. The van der Waals surface area contributed by atoms with E-state index in [4.69, 9.17) is 35.3 Å². The zero-order chi connectivity index (χ0) is 45.4. The molecule has 0 radical (unpaired) electrons. The van der Waals surface area contributed by atoms with Crippen LogP contribution in [-0.4, -0.2) is 97.7 Å². The molecule has 64 heavy (non-hydrogen) atoms. The number of anilines is 1. The number of halogens is 2. The molecule has 0 bridgehead atoms. The van der Waals surface area contributed by atoms with Crippen LogP contribution in [-0.2, 0) is 23.8 Å². The first-order valence-electron chi connectivity index (χ1n) is 21.2. The number of hydrogen-bond acceptors (Lipinski definition) is 12. The quantitative estimate of drug-likeness (QED) is 0.0535. The van der Waals surface area contributed by atoms with Crippen molar-refractivity contribution in [3.05, 3.63) is 104 Å². The number of carboxylic acid groups (broad SMARTS) is 1. The number of carbonyl (C=O) groups excluding carboxylic acids is 4. The number of ether oxygens (including phenoxy) is 5. The fraction of sp³-hybridized carbons (Fsp3) is 0.404. The van der Waals surface area contributed by atoms with E-state index < -0.39 is 53.5 Å². The zero-order valence-electron chi connectivity index (χ0n) is 35.5. The number of piperidine rings is 1. The molecule has 3 aromatic carbocycles. The normalized spacial score (nSPS) is 19.0. The van der Waals surface area contributed by atoms with Crippen LogP contribution in [0.1, 0.15) is 95.7 Å². The van der Waals surface area contributed by atoms with Gasteiger partial charge >= 0.3 is 24.0 Å². The summed E-state index contributed by atoms with van der Waals surface area (Å²) >= 11 is 6.05. The van der Waals surface area contributed by atoms with E-state index in [2.05, 4.69) is 0 Å². The lowest BCUT2D eigenvalue weighted by Gasteiger charge is -2.35. The van der Waals surface area contributed by atoms with Gasteiger partial charge in [-0.15, -0.1) is 0 Å². The maximum Gasteiger partial charge on any atom is 0.412 e. The summed E-state index contributed by atoms with van der Waals surface area (Å²) in [4.78, 5) is 81.1. The zero-order valence-corrected chi connectivity index (χ0v) is 36.3. The first-order chi connectivity index (χ1) is 30.8. The van der Waals surface area contributed by atoms with Crippen molar-refractivity contribution in [3.63, 3.8) is 0 Å². The van der Waals surface area contributed by atoms with Crippen LogP contribution in [0.25, 0.3) is 16.5 Å². The van der Waals surface area contributed by atoms with Crippen molar-refractivity contribution in [2.45, 2.75) is 69.9 Å². The second kappa shape index (κ2) is 18.4. The highest BCUT2D eigenvalue weighted by atomic mass is 35.5. The molecule has 1 saturated carbocycles. The third-order valence-electron chi connectivity index (χ3n) is 12.6. The summed E-state index contributed by atoms with van der Waals surface area (Å²) < 4.78 is 45.0. The fourth-order valence-electron chi connectivity index (χ4n) is 9.36. The molecule has 2 saturated heterocycles. The molecule has 15 nitrogen and oxygen atoms in total. The lowest BCUT2D eigenvalue weighted by atomic mass is 9.88. The molecule has 0 spiro atoms. The van der Waals surface area contributed by atoms with Crippen molar-refractivity contribution in [1.82, 2.24) is 9.47 Å². The Kier molecular flexibility index (Phi) is 12.7. The van der Waals surface area contributed by atoms with Crippen molar-refractivity contribution in [3.8, 4) is 11.5 Å². The molecular weight excluding hydrogens is 853 g/mol. The fourth-order valence-corrected chi connectivity index (χ4v) is 9.49. The van der Waals surface area contributed by atoms with Crippen molar-refractivity contribution >= 4 is 63.5 Å². The van der Waals surface area contributed by atoms with Gasteiger partial charge in [-0.25, -0.2) is 14.0 Å². The Morgan fingerprint density at radius 3 is 2.39 bits per heavy atom. The molecule has 3 unspecified atom stereocenters. The second-order valence-corrected chi connectivity index (χ2v) is 16.9. The minimum Gasteiger partial charge on any atom is -0.497 e. The first-order valence-corrected chi connectivity index (χ1v) is 21.5. The van der Waals surface area contributed by atoms with E-state index >= 15 is 4.39 Å². The van der Waals surface area contributed by atoms with Gasteiger partial charge in [0.1, 0.15) is 17.0 Å². The summed E-state index contributed by atoms with van der Waals surface area (Å²) in [5.41, 5.74) is 2.57. The number of benzene rings is 3. The minimum absolute atomic E-state index is 0.0453. The number of methoxy groups -OCH3 is 2. The largest absolute Gasteiger partial charge is 0.497 e. The monoisotopic (exact) mass is 899 g/mol. The van der Waals surface area contributed by atoms with Crippen LogP contribution in [0.5, 0.6) is 11.5 Å². The highest BCUT2D eigenvalue weighted by Crippen LogP contribution is 2.47. The lowest BCUT2D eigenvalue weighted by molar-refractivity contribution is -0.154. The number of esters is 2. The van der Waals surface area contributed by atoms with Crippen LogP contribution in [0.3, 0.4) is 0 Å². The standard InChI is InChI=1S/C47H47ClFN3O12/c1-25-32(33-18-30(60-2)14-15-31(33)40(25)43(55)26-8-10-28(48)11-9-26)20-39(54)62-17-5-7-38(53)63-24-64-47(59)51-16-4-6-27-21-50(23-37(27)51)42-36(49)19-34-41(45(42)61-3)52(29-12-13-29)22-35(44(34)56)46(57)58/h8-11,14-15,18-19,22,27,29,37,40H,4-7,12-13,16-17,20-21,23-24H2,1-3H3,(H,57,58). The number of aromatic carboxylic acids is 1. The predicted octanol–water partition coefficient (Wildman–Crippen LogP) is 7.55. The predicted molar refractivity (Wildman–Crippen MR) is 232 cm³/mol. The van der Waals surface area contributed by atoms with E-state index in [1.54, 1.807) is 50.8 Å². The van der Waals surface area contributed by atoms with E-state index in [-0.39, 0.29) is 73.0 Å². The Morgan fingerprint density at radius 2 is 1.69 bits per heavy atom. The van der Waals surface area contributed by atoms with Gasteiger partial charge in [-0.2, -0.15) is 0 Å². The Labute approximate surface area is 372 Å². The van der Waals surface area contributed by atoms with Gasteiger partial charge in [0.25, 0.3) is 0 Å². The van der Waals surface area contributed by atoms with Gasteiger partial charge in [0.05, 0.1) is 50.1 Å². The molecule has 3 atom stereocenters. The minimum atomic E-state index is -1.40. The number of amides is 1. The molecule has 3 heterocycles. The van der Waals surface area contributed by atoms with E-state index in [1.165, 1.54) is 20.4 Å². The van der Waals surface area contributed by atoms with Gasteiger partial charge in [-0.05, 0) is 104 Å². The molecule has 1 N–H and O–H groups in total. The molecule has 336 valence electrons. The van der Waals surface area contributed by atoms with Crippen LogP contribution >= 0.6 is 11.6 Å². The number of pyridine rings is 1. The number of hydrogen-bond donors (Lipinski definition) is 1. The van der Waals surface area contributed by atoms with Gasteiger partial charge in [0.15, 0.2) is 17.3 Å². The number of aromatic nitrogens is 1. The Bertz CT molecular complexity index is 2640. The maximum absolute atomic E-state index is 16.1. The highest BCUT2D eigenvalue weighted by Gasteiger charge is 2.44. The average molecular weight is 900 g/mol. The average Bonchev–Trinajstić information content (AvgIpc) is 3.98. The Balaban J connectivity index is 0.834. The number of carbonyl (C=O) groups is 5. The topological polar surface area (TPSA) is 180 Å². The van der Waals surface area contributed by atoms with E-state index in [0.717, 1.165) is 42.0 Å². The van der Waals surface area contributed by atoms with Crippen molar-refractivity contribution < 1.29 is 57.2 Å². The second-order valence-electron chi connectivity index (χ2n) is 16.5. The van der Waals surface area contributed by atoms with Crippen molar-refractivity contribution in [2.24, 2.45) is 5.92 Å². The Hall–Kier alpha value is -6.42. The molecule has 4 aliphatic rings. The number of allylic oxidation sites excluding steroid dienone is 1. The van der Waals surface area contributed by atoms with Crippen LogP contribution in [0.4, 0.5) is 14.9 Å². The molecule has 3 fully saturated rings. The molecule has 8 rings (SSSR count). The molecular formula is C47H47ClFN3O12. The number of nitrogens with zero attached hydrogens (tertiary/aromatic N) is 3. The van der Waals surface area contributed by atoms with Gasteiger partial charge in [-0.3, -0.25) is 19.2 Å². The number of fused-ring (bicyclic) bond motifs is 3. The van der Waals surface area contributed by atoms with Gasteiger partial charge in [-0.1, -0.05) is 23.2 Å². The molecule has 17 heteroatoms. The summed E-state index contributed by atoms with van der Waals surface area (Å²) in [6, 6.07) is 12.7. The smallest absolute Gasteiger partial charge is 0.412 e. The number of ketones is 1. The van der Waals surface area contributed by atoms with Crippen LogP contribution in [0.2, 0.25) is 5.02 Å². The molecule has 1 amide bonds. The molecule has 2 aliphatic carbocycles. The molecule has 1 aromatic heterocycles. The van der Waals surface area contributed by atoms with E-state index in [0.29, 0.717) is 46.9 Å². The van der Waals surface area contributed by atoms with Crippen LogP contribution in [0, 0.1) is 11.7 Å². The van der Waals surface area contributed by atoms with Gasteiger partial charge in [0.2, 0.25) is 12.2 Å². The lowest BCUT2D eigenvalue weighted by Crippen LogP contribution is -2.48. The van der Waals surface area contributed by atoms with Crippen molar-refractivity contribution in [1.29, 1.82) is 0 Å². The maximum atomic E-state index is 16.1. The number of Topliss-reactive ketones (excluding diaryl/α,β-unsaturated/α-hetero) is 1. The molecule has 2 aliphatic heterocycles. The number of carboxylic acids is 1. The Morgan fingerprint density at radius 1 is 0.922 bits per heavy atom. The van der Waals surface area contributed by atoms with Crippen LogP contribution in [0.15, 0.2) is 65.1 Å². The summed E-state index contributed by atoms with van der Waals surface area (Å²) in [5.74, 6) is -3.42. The SMILES string of the molecule is COc1ccc2c(c1)C(CC(=O)OCCCC(=O)OCOC(=O)N1CCCC3CN(c4c(F)cc5c(=O)c(C(=O)O)cn(C6CC6)c5c4OC)CC31)=C(C)C2C(=O)c1ccc(Cl)cc1. The molecule has 4 aromatic rings. The van der Waals surface area contributed by atoms with Crippen LogP contribution < -0.4 is 19.8 Å². The highest BCUT2D eigenvalue weighted by molar-refractivity contribution is 6.30.